The van der Waals surface area contributed by atoms with Crippen molar-refractivity contribution in [3.8, 4) is 0 Å². The molecule has 0 unspecified atom stereocenters. The molecule has 3 aromatic rings. The Morgan fingerprint density at radius 2 is 2.00 bits per heavy atom. The first kappa shape index (κ1) is 17.8. The average molecular weight is 357 g/mol. The van der Waals surface area contributed by atoms with Crippen molar-refractivity contribution in [1.82, 2.24) is 20.6 Å². The van der Waals surface area contributed by atoms with Gasteiger partial charge in [-0.15, -0.1) is 0 Å². The fourth-order valence-corrected chi connectivity index (χ4v) is 2.67. The largest absolute Gasteiger partial charge is 0.356 e. The van der Waals surface area contributed by atoms with E-state index < -0.39 is 11.6 Å². The quantitative estimate of drug-likeness (QED) is 0.361. The number of nitrogens with zero attached hydrogens (tertiary/aromatic N) is 2. The Bertz CT molecular complexity index is 871. The number of hydrogen-bond acceptors (Lipinski definition) is 2. The topological polar surface area (TPSA) is 65.1 Å². The van der Waals surface area contributed by atoms with Crippen molar-refractivity contribution in [3.63, 3.8) is 0 Å². The molecule has 0 aliphatic heterocycles. The number of aromatic nitrogens is 2. The summed E-state index contributed by atoms with van der Waals surface area (Å²) < 4.78 is 26.8. The first-order valence-corrected chi connectivity index (χ1v) is 8.48. The predicted octanol–water partition coefficient (Wildman–Crippen LogP) is 3.14. The fraction of sp³-hybridized carbons (Fsp3) is 0.263. The minimum absolute atomic E-state index is 0.160. The third kappa shape index (κ3) is 4.56. The molecule has 136 valence electrons. The Hall–Kier alpha value is -2.96. The Labute approximate surface area is 150 Å². The van der Waals surface area contributed by atoms with Crippen LogP contribution < -0.4 is 10.6 Å². The number of guanidine groups is 1. The molecule has 0 radical (unpaired) electrons. The molecule has 0 spiro atoms. The monoisotopic (exact) mass is 357 g/mol. The lowest BCUT2D eigenvalue weighted by Crippen LogP contribution is -2.37. The van der Waals surface area contributed by atoms with Crippen molar-refractivity contribution >= 4 is 17.0 Å². The molecule has 0 fully saturated rings. The van der Waals surface area contributed by atoms with Gasteiger partial charge in [0.25, 0.3) is 0 Å². The molecule has 1 heterocycles. The molecular weight excluding hydrogens is 336 g/mol. The SMILES string of the molecule is CN=C(NCCCc1nc2ccccc2[nH]1)NCc1cc(F)ccc1F. The number of nitrogens with one attached hydrogen (secondary N) is 3. The summed E-state index contributed by atoms with van der Waals surface area (Å²) >= 11 is 0. The lowest BCUT2D eigenvalue weighted by molar-refractivity contribution is 0.581. The van der Waals surface area contributed by atoms with Gasteiger partial charge in [0.15, 0.2) is 5.96 Å². The molecule has 1 aromatic heterocycles. The number of para-hydroxylation sites is 2. The number of aryl methyl sites for hydroxylation is 1. The predicted molar refractivity (Wildman–Crippen MR) is 99.0 cm³/mol. The van der Waals surface area contributed by atoms with Gasteiger partial charge >= 0.3 is 0 Å². The van der Waals surface area contributed by atoms with Crippen molar-refractivity contribution in [3.05, 3.63) is 65.5 Å². The van der Waals surface area contributed by atoms with E-state index in [1.165, 1.54) is 6.07 Å². The van der Waals surface area contributed by atoms with E-state index in [9.17, 15) is 8.78 Å². The summed E-state index contributed by atoms with van der Waals surface area (Å²) in [5.41, 5.74) is 2.25. The molecule has 0 amide bonds. The van der Waals surface area contributed by atoms with Gasteiger partial charge in [-0.1, -0.05) is 12.1 Å². The summed E-state index contributed by atoms with van der Waals surface area (Å²) in [5.74, 6) is 0.576. The summed E-state index contributed by atoms with van der Waals surface area (Å²) in [6.45, 7) is 0.842. The van der Waals surface area contributed by atoms with Crippen LogP contribution in [0.15, 0.2) is 47.5 Å². The minimum Gasteiger partial charge on any atom is -0.356 e. The maximum Gasteiger partial charge on any atom is 0.191 e. The van der Waals surface area contributed by atoms with Crippen LogP contribution in [-0.4, -0.2) is 29.5 Å². The first-order chi connectivity index (χ1) is 12.7. The van der Waals surface area contributed by atoms with Crippen LogP contribution in [0.3, 0.4) is 0 Å². The van der Waals surface area contributed by atoms with Crippen LogP contribution >= 0.6 is 0 Å². The third-order valence-electron chi connectivity index (χ3n) is 4.00. The Morgan fingerprint density at radius 3 is 2.81 bits per heavy atom. The van der Waals surface area contributed by atoms with Crippen molar-refractivity contribution in [2.45, 2.75) is 19.4 Å². The van der Waals surface area contributed by atoms with Gasteiger partial charge in [-0.2, -0.15) is 0 Å². The number of aromatic amines is 1. The maximum absolute atomic E-state index is 13.6. The Kier molecular flexibility index (Phi) is 5.78. The standard InChI is InChI=1S/C19H21F2N5/c1-22-19(24-12-13-11-14(20)8-9-15(13)21)23-10-4-7-18-25-16-5-2-3-6-17(16)26-18/h2-3,5-6,8-9,11H,4,7,10,12H2,1H3,(H,25,26)(H2,22,23,24). The lowest BCUT2D eigenvalue weighted by Gasteiger charge is -2.12. The number of halogens is 2. The van der Waals surface area contributed by atoms with Crippen molar-refractivity contribution in [1.29, 1.82) is 0 Å². The van der Waals surface area contributed by atoms with Gasteiger partial charge in [-0.25, -0.2) is 13.8 Å². The number of fused-ring (bicyclic) bond motifs is 1. The minimum atomic E-state index is -0.461. The number of benzene rings is 2. The summed E-state index contributed by atoms with van der Waals surface area (Å²) in [4.78, 5) is 11.9. The number of hydrogen-bond donors (Lipinski definition) is 3. The fourth-order valence-electron chi connectivity index (χ4n) is 2.67. The lowest BCUT2D eigenvalue weighted by atomic mass is 10.2. The highest BCUT2D eigenvalue weighted by Gasteiger charge is 2.06. The molecule has 0 atom stereocenters. The van der Waals surface area contributed by atoms with Gasteiger partial charge in [0.1, 0.15) is 17.5 Å². The van der Waals surface area contributed by atoms with Gasteiger partial charge < -0.3 is 15.6 Å². The molecule has 0 aliphatic rings. The molecule has 26 heavy (non-hydrogen) atoms. The van der Waals surface area contributed by atoms with Gasteiger partial charge in [-0.3, -0.25) is 4.99 Å². The van der Waals surface area contributed by atoms with Crippen molar-refractivity contribution in [2.24, 2.45) is 4.99 Å². The highest BCUT2D eigenvalue weighted by Crippen LogP contribution is 2.11. The molecule has 2 aromatic carbocycles. The van der Waals surface area contributed by atoms with E-state index in [2.05, 4.69) is 25.6 Å². The summed E-state index contributed by atoms with van der Waals surface area (Å²) in [6.07, 6.45) is 1.66. The van der Waals surface area contributed by atoms with Crippen LogP contribution in [-0.2, 0) is 13.0 Å². The smallest absolute Gasteiger partial charge is 0.191 e. The molecule has 0 saturated carbocycles. The zero-order chi connectivity index (χ0) is 18.4. The molecular formula is C19H21F2N5. The van der Waals surface area contributed by atoms with Crippen LogP contribution in [0.2, 0.25) is 0 Å². The molecule has 5 nitrogen and oxygen atoms in total. The molecule has 0 bridgehead atoms. The summed E-state index contributed by atoms with van der Waals surface area (Å²) in [7, 11) is 1.64. The van der Waals surface area contributed by atoms with E-state index in [0.29, 0.717) is 12.5 Å². The normalized spacial score (nSPS) is 11.7. The number of imidazole rings is 1. The van der Waals surface area contributed by atoms with Crippen LogP contribution in [0, 0.1) is 11.6 Å². The van der Waals surface area contributed by atoms with Gasteiger partial charge in [0.05, 0.1) is 11.0 Å². The van der Waals surface area contributed by atoms with Crippen LogP contribution in [0.4, 0.5) is 8.78 Å². The average Bonchev–Trinajstić information content (AvgIpc) is 3.06. The van der Waals surface area contributed by atoms with Crippen molar-refractivity contribution < 1.29 is 8.78 Å². The summed E-state index contributed by atoms with van der Waals surface area (Å²) in [6, 6.07) is 11.3. The van der Waals surface area contributed by atoms with Crippen molar-refractivity contribution in [2.75, 3.05) is 13.6 Å². The zero-order valence-electron chi connectivity index (χ0n) is 14.5. The number of H-pyrrole nitrogens is 1. The van der Waals surface area contributed by atoms with E-state index >= 15 is 0 Å². The molecule has 3 rings (SSSR count). The molecule has 0 aliphatic carbocycles. The Morgan fingerprint density at radius 1 is 1.15 bits per heavy atom. The van der Waals surface area contributed by atoms with Crippen LogP contribution in [0.1, 0.15) is 17.8 Å². The van der Waals surface area contributed by atoms with Crippen LogP contribution in [0.25, 0.3) is 11.0 Å². The maximum atomic E-state index is 13.6. The van der Waals surface area contributed by atoms with E-state index in [0.717, 1.165) is 41.8 Å². The highest BCUT2D eigenvalue weighted by atomic mass is 19.1. The first-order valence-electron chi connectivity index (χ1n) is 8.48. The second kappa shape index (κ2) is 8.42. The van der Waals surface area contributed by atoms with Gasteiger partial charge in [-0.05, 0) is 36.8 Å². The number of aliphatic imine (C=N–C) groups is 1. The second-order valence-corrected chi connectivity index (χ2v) is 5.89. The number of rotatable bonds is 6. The highest BCUT2D eigenvalue weighted by molar-refractivity contribution is 5.79. The molecule has 7 heteroatoms. The van der Waals surface area contributed by atoms with Gasteiger partial charge in [0.2, 0.25) is 0 Å². The Balaban J connectivity index is 1.44. The second-order valence-electron chi connectivity index (χ2n) is 5.89. The zero-order valence-corrected chi connectivity index (χ0v) is 14.5. The van der Waals surface area contributed by atoms with E-state index in [4.69, 9.17) is 0 Å². The van der Waals surface area contributed by atoms with Gasteiger partial charge in [0, 0.05) is 32.1 Å². The van der Waals surface area contributed by atoms with E-state index in [1.54, 1.807) is 7.05 Å². The third-order valence-corrected chi connectivity index (χ3v) is 4.00. The van der Waals surface area contributed by atoms with Crippen LogP contribution in [0.5, 0.6) is 0 Å². The summed E-state index contributed by atoms with van der Waals surface area (Å²) in [5, 5.41) is 6.14. The van der Waals surface area contributed by atoms with E-state index in [-0.39, 0.29) is 12.1 Å². The molecule has 3 N–H and O–H groups in total. The molecule has 0 saturated heterocycles. The van der Waals surface area contributed by atoms with E-state index in [1.807, 2.05) is 24.3 Å².